The zero-order chi connectivity index (χ0) is 22.1. The molecule has 32 heavy (non-hydrogen) atoms. The van der Waals surface area contributed by atoms with Gasteiger partial charge in [0.05, 0.1) is 11.7 Å². The van der Waals surface area contributed by atoms with Gasteiger partial charge in [0, 0.05) is 42.2 Å². The number of aromatic amines is 1. The minimum atomic E-state index is -0.191. The van der Waals surface area contributed by atoms with Gasteiger partial charge in [0.25, 0.3) is 11.5 Å². The summed E-state index contributed by atoms with van der Waals surface area (Å²) in [7, 11) is 0. The molecule has 166 valence electrons. The van der Waals surface area contributed by atoms with Crippen molar-refractivity contribution in [3.8, 4) is 0 Å². The number of hydrogen-bond acceptors (Lipinski definition) is 5. The topological polar surface area (TPSA) is 69.3 Å². The van der Waals surface area contributed by atoms with Crippen LogP contribution in [0.4, 0.5) is 0 Å². The summed E-state index contributed by atoms with van der Waals surface area (Å²) in [5, 5.41) is 2.09. The van der Waals surface area contributed by atoms with Crippen LogP contribution >= 0.6 is 11.3 Å². The minimum Gasteiger partial charge on any atom is -0.328 e. The fourth-order valence-corrected chi connectivity index (χ4v) is 5.50. The maximum Gasteiger partial charge on any atom is 0.254 e. The first-order valence-corrected chi connectivity index (χ1v) is 12.2. The highest BCUT2D eigenvalue weighted by Crippen LogP contribution is 2.31. The van der Waals surface area contributed by atoms with Crippen LogP contribution in [0, 0.1) is 6.92 Å². The van der Waals surface area contributed by atoms with Crippen LogP contribution in [0.3, 0.4) is 0 Å². The van der Waals surface area contributed by atoms with E-state index in [0.29, 0.717) is 30.9 Å². The number of likely N-dealkylation sites (tertiary alicyclic amines) is 1. The predicted molar refractivity (Wildman–Crippen MR) is 126 cm³/mol. The molecule has 1 N–H and O–H groups in total. The van der Waals surface area contributed by atoms with Gasteiger partial charge in [0.2, 0.25) is 0 Å². The molecular weight excluding hydrogens is 420 g/mol. The molecule has 0 unspecified atom stereocenters. The van der Waals surface area contributed by atoms with Gasteiger partial charge in [-0.3, -0.25) is 14.5 Å². The van der Waals surface area contributed by atoms with Gasteiger partial charge in [-0.1, -0.05) is 23.8 Å². The van der Waals surface area contributed by atoms with Crippen molar-refractivity contribution in [2.24, 2.45) is 0 Å². The molecule has 1 aromatic carbocycles. The van der Waals surface area contributed by atoms with E-state index in [1.807, 2.05) is 36.1 Å². The van der Waals surface area contributed by atoms with Gasteiger partial charge < -0.3 is 9.88 Å². The fraction of sp³-hybridized carbons (Fsp3) is 0.400. The number of piperidine rings is 1. The molecule has 2 aliphatic rings. The van der Waals surface area contributed by atoms with Gasteiger partial charge >= 0.3 is 0 Å². The van der Waals surface area contributed by atoms with Crippen LogP contribution in [-0.2, 0) is 19.5 Å². The molecule has 2 aromatic heterocycles. The highest BCUT2D eigenvalue weighted by Gasteiger charge is 2.32. The Labute approximate surface area is 191 Å². The molecule has 6 nitrogen and oxygen atoms in total. The Morgan fingerprint density at radius 3 is 2.81 bits per heavy atom. The number of nitrogens with zero attached hydrogens (tertiary/aromatic N) is 3. The maximum absolute atomic E-state index is 13.3. The van der Waals surface area contributed by atoms with E-state index in [4.69, 9.17) is 4.98 Å². The SMILES string of the molecule is Cc1ccc(C(=O)N2CCCC[C@H]2c2nc3c(c(=O)[nH]2)CCN(Cc2cccs2)C3)cc1. The Bertz CT molecular complexity index is 1150. The first-order chi connectivity index (χ1) is 15.6. The molecule has 0 bridgehead atoms. The van der Waals surface area contributed by atoms with E-state index < -0.39 is 0 Å². The molecule has 0 aliphatic carbocycles. The van der Waals surface area contributed by atoms with Gasteiger partial charge in [0.1, 0.15) is 5.82 Å². The van der Waals surface area contributed by atoms with Crippen LogP contribution in [0.2, 0.25) is 0 Å². The number of hydrogen-bond donors (Lipinski definition) is 1. The Balaban J connectivity index is 1.42. The number of nitrogens with one attached hydrogen (secondary N) is 1. The van der Waals surface area contributed by atoms with Gasteiger partial charge in [-0.2, -0.15) is 0 Å². The average molecular weight is 449 g/mol. The summed E-state index contributed by atoms with van der Waals surface area (Å²) < 4.78 is 0. The molecule has 4 heterocycles. The second-order valence-electron chi connectivity index (χ2n) is 8.79. The van der Waals surface area contributed by atoms with Gasteiger partial charge in [0.15, 0.2) is 0 Å². The third-order valence-corrected chi connectivity index (χ3v) is 7.37. The predicted octanol–water partition coefficient (Wildman–Crippen LogP) is 4.07. The van der Waals surface area contributed by atoms with E-state index in [2.05, 4.69) is 27.4 Å². The van der Waals surface area contributed by atoms with Crippen LogP contribution in [0.1, 0.15) is 63.2 Å². The van der Waals surface area contributed by atoms with Crippen LogP contribution in [0.25, 0.3) is 0 Å². The molecule has 1 saturated heterocycles. The van der Waals surface area contributed by atoms with E-state index in [9.17, 15) is 9.59 Å². The summed E-state index contributed by atoms with van der Waals surface area (Å²) in [6.45, 7) is 5.10. The molecule has 0 radical (unpaired) electrons. The lowest BCUT2D eigenvalue weighted by molar-refractivity contribution is 0.0598. The number of aromatic nitrogens is 2. The number of thiophene rings is 1. The molecule has 1 fully saturated rings. The number of carbonyl (C=O) groups is 1. The van der Waals surface area contributed by atoms with Crippen molar-refractivity contribution >= 4 is 17.2 Å². The molecule has 0 spiro atoms. The number of fused-ring (bicyclic) bond motifs is 1. The molecule has 7 heteroatoms. The van der Waals surface area contributed by atoms with Crippen molar-refractivity contribution in [1.82, 2.24) is 19.8 Å². The van der Waals surface area contributed by atoms with E-state index >= 15 is 0 Å². The summed E-state index contributed by atoms with van der Waals surface area (Å²) in [5.41, 5.74) is 3.42. The van der Waals surface area contributed by atoms with Crippen molar-refractivity contribution in [2.45, 2.75) is 51.7 Å². The van der Waals surface area contributed by atoms with Crippen molar-refractivity contribution in [3.63, 3.8) is 0 Å². The number of H-pyrrole nitrogens is 1. The normalized spacial score (nSPS) is 19.0. The minimum absolute atomic E-state index is 0.00870. The Morgan fingerprint density at radius 1 is 1.19 bits per heavy atom. The van der Waals surface area contributed by atoms with Gasteiger partial charge in [-0.15, -0.1) is 11.3 Å². The lowest BCUT2D eigenvalue weighted by atomic mass is 9.99. The number of amides is 1. The smallest absolute Gasteiger partial charge is 0.254 e. The molecule has 1 atom stereocenters. The van der Waals surface area contributed by atoms with Crippen LogP contribution in [0.15, 0.2) is 46.6 Å². The first kappa shape index (κ1) is 21.1. The monoisotopic (exact) mass is 448 g/mol. The summed E-state index contributed by atoms with van der Waals surface area (Å²) in [4.78, 5) is 39.7. The molecule has 0 saturated carbocycles. The second-order valence-corrected chi connectivity index (χ2v) is 9.82. The molecule has 1 amide bonds. The molecular formula is C25H28N4O2S. The first-order valence-electron chi connectivity index (χ1n) is 11.3. The van der Waals surface area contributed by atoms with Crippen LogP contribution < -0.4 is 5.56 Å². The number of benzene rings is 1. The van der Waals surface area contributed by atoms with Gasteiger partial charge in [-0.25, -0.2) is 4.98 Å². The molecule has 2 aliphatic heterocycles. The lowest BCUT2D eigenvalue weighted by Crippen LogP contribution is -2.41. The third-order valence-electron chi connectivity index (χ3n) is 6.51. The summed E-state index contributed by atoms with van der Waals surface area (Å²) in [6, 6.07) is 11.7. The van der Waals surface area contributed by atoms with Crippen molar-refractivity contribution in [1.29, 1.82) is 0 Å². The van der Waals surface area contributed by atoms with Crippen molar-refractivity contribution in [3.05, 3.63) is 85.2 Å². The Morgan fingerprint density at radius 2 is 2.03 bits per heavy atom. The van der Waals surface area contributed by atoms with E-state index in [-0.39, 0.29) is 17.5 Å². The van der Waals surface area contributed by atoms with Crippen LogP contribution in [0.5, 0.6) is 0 Å². The van der Waals surface area contributed by atoms with Crippen molar-refractivity contribution in [2.75, 3.05) is 13.1 Å². The Kier molecular flexibility index (Phi) is 5.93. The van der Waals surface area contributed by atoms with E-state index in [1.54, 1.807) is 11.3 Å². The summed E-state index contributed by atoms with van der Waals surface area (Å²) in [5.74, 6) is 0.640. The number of aryl methyl sites for hydroxylation is 1. The maximum atomic E-state index is 13.3. The van der Waals surface area contributed by atoms with Gasteiger partial charge in [-0.05, 0) is 56.2 Å². The molecule has 5 rings (SSSR count). The number of carbonyl (C=O) groups excluding carboxylic acids is 1. The molecule has 3 aromatic rings. The largest absolute Gasteiger partial charge is 0.328 e. The Hall–Kier alpha value is -2.77. The lowest BCUT2D eigenvalue weighted by Gasteiger charge is -2.36. The zero-order valence-corrected chi connectivity index (χ0v) is 19.2. The highest BCUT2D eigenvalue weighted by molar-refractivity contribution is 7.09. The second kappa shape index (κ2) is 9.00. The fourth-order valence-electron chi connectivity index (χ4n) is 4.75. The van der Waals surface area contributed by atoms with Crippen molar-refractivity contribution < 1.29 is 4.79 Å². The highest BCUT2D eigenvalue weighted by atomic mass is 32.1. The van der Waals surface area contributed by atoms with Crippen LogP contribution in [-0.4, -0.2) is 38.8 Å². The third kappa shape index (κ3) is 4.27. The quantitative estimate of drug-likeness (QED) is 0.653. The summed E-state index contributed by atoms with van der Waals surface area (Å²) in [6.07, 6.45) is 3.52. The summed E-state index contributed by atoms with van der Waals surface area (Å²) >= 11 is 1.75. The average Bonchev–Trinajstić information content (AvgIpc) is 3.32. The zero-order valence-electron chi connectivity index (χ0n) is 18.3. The standard InChI is InChI=1S/C25H28N4O2S/c1-17-7-9-18(10-8-17)25(31)29-12-3-2-6-22(29)23-26-21-16-28(15-19-5-4-14-32-19)13-11-20(21)24(30)27-23/h4-5,7-10,14,22H,2-3,6,11-13,15-16H2,1H3,(H,26,27,30)/t22-/m0/s1. The van der Waals surface area contributed by atoms with E-state index in [1.165, 1.54) is 4.88 Å². The number of rotatable bonds is 4. The van der Waals surface area contributed by atoms with E-state index in [0.717, 1.165) is 49.2 Å².